The summed E-state index contributed by atoms with van der Waals surface area (Å²) in [5.74, 6) is 0.514. The number of anilines is 1. The van der Waals surface area contributed by atoms with Crippen molar-refractivity contribution in [2.24, 2.45) is 0 Å². The highest BCUT2D eigenvalue weighted by Crippen LogP contribution is 2.29. The third kappa shape index (κ3) is 5.06. The zero-order valence-corrected chi connectivity index (χ0v) is 15.3. The monoisotopic (exact) mass is 356 g/mol. The number of aromatic nitrogens is 1. The lowest BCUT2D eigenvalue weighted by Crippen LogP contribution is -2.25. The van der Waals surface area contributed by atoms with Crippen molar-refractivity contribution in [3.8, 4) is 5.75 Å². The van der Waals surface area contributed by atoms with Gasteiger partial charge in [-0.15, -0.1) is 11.6 Å². The van der Waals surface area contributed by atoms with E-state index in [4.69, 9.17) is 21.1 Å². The van der Waals surface area contributed by atoms with Crippen LogP contribution in [0.1, 0.15) is 27.2 Å². The Morgan fingerprint density at radius 1 is 1.48 bits per heavy atom. The fourth-order valence-corrected chi connectivity index (χ4v) is 2.72. The van der Waals surface area contributed by atoms with Gasteiger partial charge in [-0.25, -0.2) is 4.98 Å². The van der Waals surface area contributed by atoms with Crippen LogP contribution in [0.25, 0.3) is 10.2 Å². The molecule has 1 N–H and O–H groups in total. The van der Waals surface area contributed by atoms with Crippen LogP contribution in [0.3, 0.4) is 0 Å². The van der Waals surface area contributed by atoms with Gasteiger partial charge in [-0.2, -0.15) is 0 Å². The van der Waals surface area contributed by atoms with Crippen LogP contribution in [0.4, 0.5) is 5.13 Å². The van der Waals surface area contributed by atoms with Crippen molar-refractivity contribution in [2.75, 3.05) is 19.0 Å². The van der Waals surface area contributed by atoms with Crippen molar-refractivity contribution in [3.05, 3.63) is 18.2 Å². The molecule has 1 atom stereocenters. The molecule has 1 aromatic carbocycles. The Labute approximate surface area is 144 Å². The number of nitrogens with one attached hydrogen (secondary N) is 1. The van der Waals surface area contributed by atoms with E-state index in [-0.39, 0.29) is 11.5 Å². The summed E-state index contributed by atoms with van der Waals surface area (Å²) >= 11 is 7.14. The smallest absolute Gasteiger partial charge is 0.243 e. The topological polar surface area (TPSA) is 60.5 Å². The molecule has 0 unspecified atom stereocenters. The van der Waals surface area contributed by atoms with E-state index in [1.165, 1.54) is 11.3 Å². The van der Waals surface area contributed by atoms with Gasteiger partial charge < -0.3 is 14.8 Å². The first-order chi connectivity index (χ1) is 10.8. The number of fused-ring (bicyclic) bond motifs is 1. The third-order valence-corrected chi connectivity index (χ3v) is 4.61. The number of rotatable bonds is 7. The van der Waals surface area contributed by atoms with Gasteiger partial charge in [0.05, 0.1) is 22.4 Å². The number of carbonyl (C=O) groups excluding carboxylic acids is 1. The number of benzene rings is 1. The molecule has 0 radical (unpaired) electrons. The lowest BCUT2D eigenvalue weighted by molar-refractivity contribution is -0.115. The standard InChI is InChI=1S/C16H21ClN2O3S/c1-10(17)14(20)19-15-18-12-6-5-11(9-13(12)23-15)22-8-7-16(2,3)21-4/h5-6,9-10H,7-8H2,1-4H3,(H,18,19,20)/t10-/m0/s1. The molecule has 0 bridgehead atoms. The number of alkyl halides is 1. The van der Waals surface area contributed by atoms with E-state index < -0.39 is 5.38 Å². The van der Waals surface area contributed by atoms with Crippen molar-refractivity contribution < 1.29 is 14.3 Å². The minimum Gasteiger partial charge on any atom is -0.493 e. The van der Waals surface area contributed by atoms with Crippen LogP contribution in [-0.2, 0) is 9.53 Å². The largest absolute Gasteiger partial charge is 0.493 e. The lowest BCUT2D eigenvalue weighted by Gasteiger charge is -2.22. The summed E-state index contributed by atoms with van der Waals surface area (Å²) in [6.45, 7) is 6.24. The Bertz CT molecular complexity index is 685. The van der Waals surface area contributed by atoms with E-state index in [1.807, 2.05) is 32.0 Å². The van der Waals surface area contributed by atoms with Crippen LogP contribution in [0.2, 0.25) is 0 Å². The molecule has 2 rings (SSSR count). The molecule has 1 amide bonds. The summed E-state index contributed by atoms with van der Waals surface area (Å²) in [4.78, 5) is 16.0. The molecule has 0 aliphatic carbocycles. The van der Waals surface area contributed by atoms with Gasteiger partial charge in [0.2, 0.25) is 5.91 Å². The summed E-state index contributed by atoms with van der Waals surface area (Å²) < 4.78 is 12.1. The number of amides is 1. The maximum absolute atomic E-state index is 11.6. The number of thiazole rings is 1. The van der Waals surface area contributed by atoms with Crippen molar-refractivity contribution in [1.82, 2.24) is 4.98 Å². The quantitative estimate of drug-likeness (QED) is 0.760. The van der Waals surface area contributed by atoms with Gasteiger partial charge in [-0.05, 0) is 39.0 Å². The number of carbonyl (C=O) groups is 1. The van der Waals surface area contributed by atoms with Crippen LogP contribution >= 0.6 is 22.9 Å². The summed E-state index contributed by atoms with van der Waals surface area (Å²) in [7, 11) is 1.70. The molecule has 5 nitrogen and oxygen atoms in total. The van der Waals surface area contributed by atoms with E-state index in [1.54, 1.807) is 14.0 Å². The zero-order chi connectivity index (χ0) is 17.0. The molecule has 1 heterocycles. The number of halogens is 1. The van der Waals surface area contributed by atoms with E-state index >= 15 is 0 Å². The van der Waals surface area contributed by atoms with E-state index in [2.05, 4.69) is 10.3 Å². The highest BCUT2D eigenvalue weighted by atomic mass is 35.5. The average Bonchev–Trinajstić information content (AvgIpc) is 2.88. The zero-order valence-electron chi connectivity index (χ0n) is 13.7. The lowest BCUT2D eigenvalue weighted by atomic mass is 10.1. The predicted octanol–water partition coefficient (Wildman–Crippen LogP) is 4.06. The number of nitrogens with zero attached hydrogens (tertiary/aromatic N) is 1. The van der Waals surface area contributed by atoms with Crippen LogP contribution < -0.4 is 10.1 Å². The number of hydrogen-bond donors (Lipinski definition) is 1. The first-order valence-electron chi connectivity index (χ1n) is 7.34. The molecule has 23 heavy (non-hydrogen) atoms. The Balaban J connectivity index is 2.03. The maximum Gasteiger partial charge on any atom is 0.243 e. The number of hydrogen-bond acceptors (Lipinski definition) is 5. The Morgan fingerprint density at radius 2 is 2.22 bits per heavy atom. The van der Waals surface area contributed by atoms with Crippen molar-refractivity contribution in [2.45, 2.75) is 38.2 Å². The second-order valence-corrected chi connectivity index (χ2v) is 7.50. The van der Waals surface area contributed by atoms with Gasteiger partial charge in [0, 0.05) is 13.5 Å². The van der Waals surface area contributed by atoms with E-state index in [0.29, 0.717) is 11.7 Å². The summed E-state index contributed by atoms with van der Waals surface area (Å²) in [6.07, 6.45) is 0.791. The normalized spacial score (nSPS) is 13.1. The van der Waals surface area contributed by atoms with Crippen molar-refractivity contribution in [3.63, 3.8) is 0 Å². The summed E-state index contributed by atoms with van der Waals surface area (Å²) in [5, 5.41) is 2.64. The Hall–Kier alpha value is -1.37. The maximum atomic E-state index is 11.6. The van der Waals surface area contributed by atoms with Crippen LogP contribution in [-0.4, -0.2) is 35.6 Å². The molecular weight excluding hydrogens is 336 g/mol. The van der Waals surface area contributed by atoms with Crippen LogP contribution in [0, 0.1) is 0 Å². The minimum absolute atomic E-state index is 0.204. The molecule has 0 aliphatic heterocycles. The fraction of sp³-hybridized carbons (Fsp3) is 0.500. The van der Waals surface area contributed by atoms with Gasteiger partial charge in [0.15, 0.2) is 5.13 Å². The highest BCUT2D eigenvalue weighted by Gasteiger charge is 2.16. The molecular formula is C16H21ClN2O3S. The van der Waals surface area contributed by atoms with Gasteiger partial charge in [-0.3, -0.25) is 4.79 Å². The van der Waals surface area contributed by atoms with Gasteiger partial charge in [0.25, 0.3) is 0 Å². The van der Waals surface area contributed by atoms with Gasteiger partial charge in [0.1, 0.15) is 11.1 Å². The molecule has 126 valence electrons. The van der Waals surface area contributed by atoms with Crippen molar-refractivity contribution >= 4 is 44.2 Å². The molecule has 0 spiro atoms. The molecule has 0 fully saturated rings. The number of methoxy groups -OCH3 is 1. The SMILES string of the molecule is COC(C)(C)CCOc1ccc2nc(NC(=O)[C@H](C)Cl)sc2c1. The Kier molecular flexibility index (Phi) is 5.84. The Morgan fingerprint density at radius 3 is 2.87 bits per heavy atom. The molecule has 2 aromatic rings. The molecule has 7 heteroatoms. The molecule has 0 aliphatic rings. The first kappa shape index (κ1) is 18.0. The van der Waals surface area contributed by atoms with E-state index in [9.17, 15) is 4.79 Å². The van der Waals surface area contributed by atoms with Crippen LogP contribution in [0.5, 0.6) is 5.75 Å². The second kappa shape index (κ2) is 7.47. The number of ether oxygens (including phenoxy) is 2. The first-order valence-corrected chi connectivity index (χ1v) is 8.59. The molecule has 0 saturated heterocycles. The molecule has 1 aromatic heterocycles. The molecule has 0 saturated carbocycles. The minimum atomic E-state index is -0.593. The van der Waals surface area contributed by atoms with Crippen LogP contribution in [0.15, 0.2) is 18.2 Å². The average molecular weight is 357 g/mol. The summed E-state index contributed by atoms with van der Waals surface area (Å²) in [5.41, 5.74) is 0.613. The van der Waals surface area contributed by atoms with Crippen molar-refractivity contribution in [1.29, 1.82) is 0 Å². The fourth-order valence-electron chi connectivity index (χ4n) is 1.77. The highest BCUT2D eigenvalue weighted by molar-refractivity contribution is 7.22. The second-order valence-electron chi connectivity index (χ2n) is 5.82. The van der Waals surface area contributed by atoms with Gasteiger partial charge >= 0.3 is 0 Å². The van der Waals surface area contributed by atoms with Gasteiger partial charge in [-0.1, -0.05) is 11.3 Å². The van der Waals surface area contributed by atoms with E-state index in [0.717, 1.165) is 22.4 Å². The summed E-state index contributed by atoms with van der Waals surface area (Å²) in [6, 6.07) is 5.67. The third-order valence-electron chi connectivity index (χ3n) is 3.48. The predicted molar refractivity (Wildman–Crippen MR) is 94.8 cm³/mol.